The Morgan fingerprint density at radius 2 is 1.61 bits per heavy atom. The SMILES string of the molecule is COc1cc(CN(C(=S)NCC(=O)N[C@@H]2CCCC[C@@H]2C)C2CCCC2)cc(OC)c1OC. The minimum atomic E-state index is 0.00950. The zero-order chi connectivity index (χ0) is 23.8. The molecule has 0 bridgehead atoms. The van der Waals surface area contributed by atoms with Crippen molar-refractivity contribution in [3.8, 4) is 17.2 Å². The highest BCUT2D eigenvalue weighted by Gasteiger charge is 2.27. The van der Waals surface area contributed by atoms with Gasteiger partial charge in [-0.1, -0.05) is 32.6 Å². The lowest BCUT2D eigenvalue weighted by Gasteiger charge is -2.33. The molecular formula is C25H39N3O4S. The summed E-state index contributed by atoms with van der Waals surface area (Å²) in [6.07, 6.45) is 9.26. The molecule has 2 atom stereocenters. The van der Waals surface area contributed by atoms with Crippen LogP contribution in [0.4, 0.5) is 0 Å². The van der Waals surface area contributed by atoms with Gasteiger partial charge in [0.05, 0.1) is 27.9 Å². The zero-order valence-electron chi connectivity index (χ0n) is 20.4. The number of carbonyl (C=O) groups excluding carboxylic acids is 1. The second-order valence-electron chi connectivity index (χ2n) is 9.19. The smallest absolute Gasteiger partial charge is 0.239 e. The van der Waals surface area contributed by atoms with Crippen LogP contribution in [0.1, 0.15) is 63.9 Å². The summed E-state index contributed by atoms with van der Waals surface area (Å²) in [4.78, 5) is 14.8. The lowest BCUT2D eigenvalue weighted by molar-refractivity contribution is -0.121. The molecule has 2 fully saturated rings. The number of nitrogens with zero attached hydrogens (tertiary/aromatic N) is 1. The fourth-order valence-corrected chi connectivity index (χ4v) is 5.34. The van der Waals surface area contributed by atoms with E-state index in [2.05, 4.69) is 22.5 Å². The number of methoxy groups -OCH3 is 3. The fourth-order valence-electron chi connectivity index (χ4n) is 5.05. The number of nitrogens with one attached hydrogen (secondary N) is 2. The van der Waals surface area contributed by atoms with Crippen molar-refractivity contribution in [2.75, 3.05) is 27.9 Å². The van der Waals surface area contributed by atoms with E-state index in [0.717, 1.165) is 24.8 Å². The molecule has 2 aliphatic rings. The lowest BCUT2D eigenvalue weighted by Crippen LogP contribution is -2.49. The number of carbonyl (C=O) groups is 1. The Morgan fingerprint density at radius 3 is 2.18 bits per heavy atom. The van der Waals surface area contributed by atoms with Crippen LogP contribution in [-0.4, -0.2) is 55.9 Å². The molecule has 0 saturated heterocycles. The maximum absolute atomic E-state index is 12.6. The molecule has 33 heavy (non-hydrogen) atoms. The van der Waals surface area contributed by atoms with E-state index in [1.807, 2.05) is 12.1 Å². The quantitative estimate of drug-likeness (QED) is 0.521. The highest BCUT2D eigenvalue weighted by molar-refractivity contribution is 7.80. The summed E-state index contributed by atoms with van der Waals surface area (Å²) in [7, 11) is 4.84. The molecule has 1 amide bonds. The Balaban J connectivity index is 1.67. The Morgan fingerprint density at radius 1 is 1.00 bits per heavy atom. The third-order valence-corrected chi connectivity index (χ3v) is 7.34. The third-order valence-electron chi connectivity index (χ3n) is 6.96. The van der Waals surface area contributed by atoms with Crippen LogP contribution in [0.3, 0.4) is 0 Å². The van der Waals surface area contributed by atoms with Crippen molar-refractivity contribution in [2.45, 2.75) is 76.9 Å². The van der Waals surface area contributed by atoms with E-state index < -0.39 is 0 Å². The molecule has 0 aromatic heterocycles. The number of amides is 1. The number of benzene rings is 1. The van der Waals surface area contributed by atoms with Gasteiger partial charge in [-0.25, -0.2) is 0 Å². The number of hydrogen-bond donors (Lipinski definition) is 2. The van der Waals surface area contributed by atoms with Gasteiger partial charge in [-0.3, -0.25) is 4.79 Å². The lowest BCUT2D eigenvalue weighted by atomic mass is 9.86. The van der Waals surface area contributed by atoms with Crippen LogP contribution in [-0.2, 0) is 11.3 Å². The molecule has 1 aromatic rings. The highest BCUT2D eigenvalue weighted by Crippen LogP contribution is 2.39. The molecule has 0 radical (unpaired) electrons. The predicted octanol–water partition coefficient (Wildman–Crippen LogP) is 4.03. The molecular weight excluding hydrogens is 438 g/mol. The van der Waals surface area contributed by atoms with Crippen molar-refractivity contribution in [1.82, 2.24) is 15.5 Å². The highest BCUT2D eigenvalue weighted by atomic mass is 32.1. The summed E-state index contributed by atoms with van der Waals surface area (Å²) >= 11 is 5.78. The van der Waals surface area contributed by atoms with E-state index in [1.54, 1.807) is 21.3 Å². The number of ether oxygens (including phenoxy) is 3. The second kappa shape index (κ2) is 12.3. The van der Waals surface area contributed by atoms with Gasteiger partial charge in [-0.15, -0.1) is 0 Å². The van der Waals surface area contributed by atoms with E-state index in [4.69, 9.17) is 26.4 Å². The van der Waals surface area contributed by atoms with Gasteiger partial charge in [-0.05, 0) is 61.5 Å². The minimum Gasteiger partial charge on any atom is -0.493 e. The van der Waals surface area contributed by atoms with Gasteiger partial charge in [-0.2, -0.15) is 0 Å². The van der Waals surface area contributed by atoms with Crippen LogP contribution in [0.25, 0.3) is 0 Å². The molecule has 3 rings (SSSR count). The number of hydrogen-bond acceptors (Lipinski definition) is 5. The maximum Gasteiger partial charge on any atom is 0.239 e. The summed E-state index contributed by atoms with van der Waals surface area (Å²) in [5.41, 5.74) is 1.01. The average Bonchev–Trinajstić information content (AvgIpc) is 3.36. The van der Waals surface area contributed by atoms with Crippen LogP contribution < -0.4 is 24.8 Å². The van der Waals surface area contributed by atoms with Crippen molar-refractivity contribution in [3.63, 3.8) is 0 Å². The summed E-state index contributed by atoms with van der Waals surface area (Å²) in [6.45, 7) is 3.02. The van der Waals surface area contributed by atoms with E-state index in [1.165, 1.54) is 32.1 Å². The van der Waals surface area contributed by atoms with E-state index in [9.17, 15) is 4.79 Å². The first-order valence-corrected chi connectivity index (χ1v) is 12.5. The van der Waals surface area contributed by atoms with Crippen molar-refractivity contribution in [3.05, 3.63) is 17.7 Å². The molecule has 0 aliphatic heterocycles. The van der Waals surface area contributed by atoms with Gasteiger partial charge in [0.15, 0.2) is 16.6 Å². The van der Waals surface area contributed by atoms with Crippen molar-refractivity contribution in [1.29, 1.82) is 0 Å². The predicted molar refractivity (Wildman–Crippen MR) is 134 cm³/mol. The van der Waals surface area contributed by atoms with Gasteiger partial charge >= 0.3 is 0 Å². The van der Waals surface area contributed by atoms with Crippen LogP contribution in [0.5, 0.6) is 17.2 Å². The zero-order valence-corrected chi connectivity index (χ0v) is 21.3. The first-order chi connectivity index (χ1) is 16.0. The molecule has 2 saturated carbocycles. The maximum atomic E-state index is 12.6. The second-order valence-corrected chi connectivity index (χ2v) is 9.58. The summed E-state index contributed by atoms with van der Waals surface area (Å²) < 4.78 is 16.5. The van der Waals surface area contributed by atoms with Crippen LogP contribution in [0.2, 0.25) is 0 Å². The topological polar surface area (TPSA) is 72.1 Å². The molecule has 0 heterocycles. The normalized spacial score (nSPS) is 20.7. The van der Waals surface area contributed by atoms with Crippen molar-refractivity contribution in [2.24, 2.45) is 5.92 Å². The largest absolute Gasteiger partial charge is 0.493 e. The van der Waals surface area contributed by atoms with Crippen LogP contribution >= 0.6 is 12.2 Å². The number of rotatable bonds is 9. The molecule has 184 valence electrons. The molecule has 2 aliphatic carbocycles. The van der Waals surface area contributed by atoms with Crippen LogP contribution in [0.15, 0.2) is 12.1 Å². The molecule has 8 heteroatoms. The summed E-state index contributed by atoms with van der Waals surface area (Å²) in [5.74, 6) is 2.36. The Bertz CT molecular complexity index is 788. The first kappa shape index (κ1) is 25.4. The Labute approximate surface area is 203 Å². The average molecular weight is 478 g/mol. The van der Waals surface area contributed by atoms with E-state index in [0.29, 0.717) is 40.9 Å². The summed E-state index contributed by atoms with van der Waals surface area (Å²) in [6, 6.07) is 4.55. The monoisotopic (exact) mass is 477 g/mol. The Hall–Kier alpha value is -2.22. The fraction of sp³-hybridized carbons (Fsp3) is 0.680. The van der Waals surface area contributed by atoms with Crippen molar-refractivity contribution < 1.29 is 19.0 Å². The third kappa shape index (κ3) is 6.65. The summed E-state index contributed by atoms with van der Waals surface area (Å²) in [5, 5.41) is 7.03. The standard InChI is InChI=1S/C25H39N3O4S/c1-17-9-5-8-12-20(17)27-23(29)15-26-25(33)28(19-10-6-7-11-19)16-18-13-21(30-2)24(32-4)22(14-18)31-3/h13-14,17,19-20H,5-12,15-16H2,1-4H3,(H,26,33)(H,27,29)/t17-,20+/m0/s1. The molecule has 7 nitrogen and oxygen atoms in total. The van der Waals surface area contributed by atoms with Crippen LogP contribution in [0, 0.1) is 5.92 Å². The van der Waals surface area contributed by atoms with Gasteiger partial charge < -0.3 is 29.7 Å². The van der Waals surface area contributed by atoms with E-state index >= 15 is 0 Å². The van der Waals surface area contributed by atoms with Gasteiger partial charge in [0.2, 0.25) is 11.7 Å². The van der Waals surface area contributed by atoms with Crippen molar-refractivity contribution >= 4 is 23.2 Å². The van der Waals surface area contributed by atoms with Gasteiger partial charge in [0.25, 0.3) is 0 Å². The minimum absolute atomic E-state index is 0.00950. The molecule has 0 unspecified atom stereocenters. The molecule has 2 N–H and O–H groups in total. The molecule has 1 aromatic carbocycles. The van der Waals surface area contributed by atoms with Gasteiger partial charge in [0, 0.05) is 18.6 Å². The first-order valence-electron chi connectivity index (χ1n) is 12.1. The Kier molecular flexibility index (Phi) is 9.47. The van der Waals surface area contributed by atoms with Gasteiger partial charge in [0.1, 0.15) is 0 Å². The molecule has 0 spiro atoms. The van der Waals surface area contributed by atoms with E-state index in [-0.39, 0.29) is 18.5 Å². The number of thiocarbonyl (C=S) groups is 1.